The smallest absolute Gasteiger partial charge is 0.300 e. The molecule has 2 amide bonds. The maximum Gasteiger partial charge on any atom is 0.300 e. The van der Waals surface area contributed by atoms with Gasteiger partial charge in [0.25, 0.3) is 11.9 Å². The number of carbonyl (C=O) groups is 2. The molecular formula is C24H20ClN5O4S2. The van der Waals surface area contributed by atoms with Gasteiger partial charge in [-0.1, -0.05) is 33.2 Å². The van der Waals surface area contributed by atoms with Crippen molar-refractivity contribution in [2.75, 3.05) is 23.4 Å². The van der Waals surface area contributed by atoms with Crippen molar-refractivity contribution in [1.82, 2.24) is 15.3 Å². The number of oxazole rings is 1. The fourth-order valence-electron chi connectivity index (χ4n) is 3.43. The number of ether oxygens (including phenoxy) is 1. The van der Waals surface area contributed by atoms with Gasteiger partial charge < -0.3 is 25.1 Å². The molecule has 5 rings (SSSR count). The standard InChI is InChI=1S/C24H20ClN5O4S2/c1-26-22(31)19-12-15(6-8-27-19)33-14-3-5-20-18(11-14)30-24(34-20)28-13-2-4-16(25)17(10-13)29-23(32)21-7-9-35-36-21/h2-6,8,10-12,21H,7,9H2,1H3,(H,26,31)(H,28,30)(H,29,32). The zero-order valence-corrected chi connectivity index (χ0v) is 21.3. The highest BCUT2D eigenvalue weighted by molar-refractivity contribution is 8.77. The van der Waals surface area contributed by atoms with Crippen LogP contribution in [0.5, 0.6) is 11.5 Å². The Labute approximate surface area is 219 Å². The van der Waals surface area contributed by atoms with E-state index in [0.29, 0.717) is 39.0 Å². The summed E-state index contributed by atoms with van der Waals surface area (Å²) in [7, 11) is 4.82. The summed E-state index contributed by atoms with van der Waals surface area (Å²) >= 11 is 6.30. The van der Waals surface area contributed by atoms with E-state index in [4.69, 9.17) is 20.8 Å². The van der Waals surface area contributed by atoms with Crippen LogP contribution in [0, 0.1) is 0 Å². The number of amides is 2. The minimum atomic E-state index is -0.301. The lowest BCUT2D eigenvalue weighted by atomic mass is 10.2. The monoisotopic (exact) mass is 541 g/mol. The van der Waals surface area contributed by atoms with Gasteiger partial charge in [0.15, 0.2) is 5.58 Å². The number of rotatable bonds is 7. The average molecular weight is 542 g/mol. The molecule has 1 atom stereocenters. The van der Waals surface area contributed by atoms with Crippen LogP contribution >= 0.6 is 33.2 Å². The number of nitrogens with one attached hydrogen (secondary N) is 3. The van der Waals surface area contributed by atoms with Crippen molar-refractivity contribution < 1.29 is 18.7 Å². The quantitative estimate of drug-likeness (QED) is 0.247. The second-order valence-electron chi connectivity index (χ2n) is 7.71. The molecule has 3 heterocycles. The zero-order valence-electron chi connectivity index (χ0n) is 18.9. The number of halogens is 1. The summed E-state index contributed by atoms with van der Waals surface area (Å²) in [5, 5.41) is 8.91. The molecular weight excluding hydrogens is 522 g/mol. The summed E-state index contributed by atoms with van der Waals surface area (Å²) < 4.78 is 11.7. The molecule has 2 aromatic heterocycles. The largest absolute Gasteiger partial charge is 0.457 e. The Balaban J connectivity index is 1.30. The van der Waals surface area contributed by atoms with Crippen molar-refractivity contribution in [3.8, 4) is 11.5 Å². The van der Waals surface area contributed by atoms with E-state index in [1.165, 1.54) is 13.2 Å². The van der Waals surface area contributed by atoms with Crippen molar-refractivity contribution in [1.29, 1.82) is 0 Å². The number of aromatic nitrogens is 2. The highest BCUT2D eigenvalue weighted by Crippen LogP contribution is 2.38. The fourth-order valence-corrected chi connectivity index (χ4v) is 6.32. The number of anilines is 3. The van der Waals surface area contributed by atoms with E-state index < -0.39 is 0 Å². The molecule has 184 valence electrons. The van der Waals surface area contributed by atoms with E-state index in [0.717, 1.165) is 12.2 Å². The van der Waals surface area contributed by atoms with Crippen molar-refractivity contribution in [3.05, 3.63) is 65.4 Å². The van der Waals surface area contributed by atoms with Gasteiger partial charge in [-0.15, -0.1) is 0 Å². The van der Waals surface area contributed by atoms with Gasteiger partial charge in [-0.05, 0) is 42.8 Å². The van der Waals surface area contributed by atoms with Crippen molar-refractivity contribution >= 4 is 73.5 Å². The lowest BCUT2D eigenvalue weighted by molar-refractivity contribution is -0.115. The van der Waals surface area contributed by atoms with Crippen LogP contribution in [-0.4, -0.2) is 39.8 Å². The molecule has 1 aliphatic heterocycles. The molecule has 0 radical (unpaired) electrons. The van der Waals surface area contributed by atoms with E-state index in [9.17, 15) is 9.59 Å². The van der Waals surface area contributed by atoms with Crippen LogP contribution in [0.25, 0.3) is 11.1 Å². The molecule has 0 aliphatic carbocycles. The lowest BCUT2D eigenvalue weighted by Gasteiger charge is -2.12. The number of hydrogen-bond donors (Lipinski definition) is 3. The van der Waals surface area contributed by atoms with Crippen LogP contribution in [0.1, 0.15) is 16.9 Å². The molecule has 1 fully saturated rings. The second-order valence-corrected chi connectivity index (χ2v) is 10.8. The third-order valence-electron chi connectivity index (χ3n) is 5.20. The summed E-state index contributed by atoms with van der Waals surface area (Å²) in [6, 6.07) is 13.9. The molecule has 1 unspecified atom stereocenters. The zero-order chi connectivity index (χ0) is 25.1. The summed E-state index contributed by atoms with van der Waals surface area (Å²) in [6.07, 6.45) is 2.34. The van der Waals surface area contributed by atoms with Crippen LogP contribution in [-0.2, 0) is 4.79 Å². The summed E-state index contributed by atoms with van der Waals surface area (Å²) in [4.78, 5) is 32.8. The molecule has 3 N–H and O–H groups in total. The molecule has 1 aliphatic rings. The Morgan fingerprint density at radius 2 is 2.00 bits per heavy atom. The van der Waals surface area contributed by atoms with Crippen LogP contribution in [0.4, 0.5) is 17.4 Å². The third-order valence-corrected chi connectivity index (χ3v) is 8.36. The van der Waals surface area contributed by atoms with Gasteiger partial charge in [-0.3, -0.25) is 14.6 Å². The molecule has 12 heteroatoms. The van der Waals surface area contributed by atoms with Crippen LogP contribution in [0.3, 0.4) is 0 Å². The fraction of sp³-hybridized carbons (Fsp3) is 0.167. The maximum atomic E-state index is 12.5. The maximum absolute atomic E-state index is 12.5. The number of nitrogens with zero attached hydrogens (tertiary/aromatic N) is 2. The normalized spacial score (nSPS) is 15.0. The molecule has 4 aromatic rings. The van der Waals surface area contributed by atoms with Crippen molar-refractivity contribution in [2.24, 2.45) is 0 Å². The van der Waals surface area contributed by atoms with E-state index in [1.807, 2.05) is 0 Å². The van der Waals surface area contributed by atoms with Crippen molar-refractivity contribution in [2.45, 2.75) is 11.7 Å². The first-order chi connectivity index (χ1) is 17.5. The Kier molecular flexibility index (Phi) is 7.21. The van der Waals surface area contributed by atoms with Gasteiger partial charge in [0, 0.05) is 36.8 Å². The van der Waals surface area contributed by atoms with Gasteiger partial charge in [-0.2, -0.15) is 4.98 Å². The Hall–Kier alpha value is -3.41. The molecule has 0 bridgehead atoms. The number of fused-ring (bicyclic) bond motifs is 1. The van der Waals surface area contributed by atoms with Crippen LogP contribution in [0.2, 0.25) is 5.02 Å². The SMILES string of the molecule is CNC(=O)c1cc(Oc2ccc3oc(Nc4ccc(Cl)c(NC(=O)C5CCSS5)c4)nc3c2)ccn1. The van der Waals surface area contributed by atoms with E-state index in [1.54, 1.807) is 70.1 Å². The predicted octanol–water partition coefficient (Wildman–Crippen LogP) is 5.86. The van der Waals surface area contributed by atoms with Gasteiger partial charge in [0.1, 0.15) is 22.7 Å². The third kappa shape index (κ3) is 5.53. The number of carbonyl (C=O) groups excluding carboxylic acids is 2. The first-order valence-electron chi connectivity index (χ1n) is 10.9. The Morgan fingerprint density at radius 3 is 2.81 bits per heavy atom. The van der Waals surface area contributed by atoms with Gasteiger partial charge in [0.05, 0.1) is 16.0 Å². The minimum Gasteiger partial charge on any atom is -0.457 e. The summed E-state index contributed by atoms with van der Waals surface area (Å²) in [5.41, 5.74) is 2.57. The van der Waals surface area contributed by atoms with Crippen LogP contribution < -0.4 is 20.7 Å². The van der Waals surface area contributed by atoms with Gasteiger partial charge >= 0.3 is 0 Å². The highest BCUT2D eigenvalue weighted by atomic mass is 35.5. The number of benzene rings is 2. The summed E-state index contributed by atoms with van der Waals surface area (Å²) in [6.45, 7) is 0. The highest BCUT2D eigenvalue weighted by Gasteiger charge is 2.25. The number of pyridine rings is 1. The van der Waals surface area contributed by atoms with E-state index in [2.05, 4.69) is 25.9 Å². The molecule has 0 saturated carbocycles. The second kappa shape index (κ2) is 10.7. The van der Waals surface area contributed by atoms with E-state index >= 15 is 0 Å². The topological polar surface area (TPSA) is 118 Å². The Bertz CT molecular complexity index is 1440. The van der Waals surface area contributed by atoms with Crippen molar-refractivity contribution in [3.63, 3.8) is 0 Å². The molecule has 9 nitrogen and oxygen atoms in total. The first-order valence-corrected chi connectivity index (χ1v) is 13.7. The minimum absolute atomic E-state index is 0.0601. The molecule has 36 heavy (non-hydrogen) atoms. The molecule has 2 aromatic carbocycles. The molecule has 0 spiro atoms. The van der Waals surface area contributed by atoms with Crippen LogP contribution in [0.15, 0.2) is 59.1 Å². The number of hydrogen-bond acceptors (Lipinski definition) is 9. The Morgan fingerprint density at radius 1 is 1.14 bits per heavy atom. The average Bonchev–Trinajstić information content (AvgIpc) is 3.55. The lowest BCUT2D eigenvalue weighted by Crippen LogP contribution is -2.23. The summed E-state index contributed by atoms with van der Waals surface area (Å²) in [5.74, 6) is 1.59. The predicted molar refractivity (Wildman–Crippen MR) is 144 cm³/mol. The molecule has 1 saturated heterocycles. The first kappa shape index (κ1) is 24.3. The van der Waals surface area contributed by atoms with E-state index in [-0.39, 0.29) is 28.8 Å². The van der Waals surface area contributed by atoms with Gasteiger partial charge in [-0.25, -0.2) is 0 Å². The van der Waals surface area contributed by atoms with Gasteiger partial charge in [0.2, 0.25) is 5.91 Å².